The second-order valence-corrected chi connectivity index (χ2v) is 6.06. The number of piperidine rings is 1. The van der Waals surface area contributed by atoms with Crippen molar-refractivity contribution in [3.63, 3.8) is 0 Å². The number of amides is 1. The molecule has 0 radical (unpaired) electrons. The Morgan fingerprint density at radius 1 is 1.32 bits per heavy atom. The number of aryl methyl sites for hydroxylation is 2. The standard InChI is InChI=1S/C16H28N4O.ClH/c1-5-8-20-13(3)15(12(2)18-20)16(21)19-9-6-14(7-10-19)11-17-4;/h14,17H,5-11H2,1-4H3;1H. The highest BCUT2D eigenvalue weighted by Gasteiger charge is 2.27. The molecule has 1 fully saturated rings. The third-order valence-corrected chi connectivity index (χ3v) is 4.43. The van der Waals surface area contributed by atoms with Crippen molar-refractivity contribution >= 4 is 18.3 Å². The number of carbonyl (C=O) groups excluding carboxylic acids is 1. The van der Waals surface area contributed by atoms with Crippen LogP contribution in [0, 0.1) is 19.8 Å². The lowest BCUT2D eigenvalue weighted by atomic mass is 9.96. The summed E-state index contributed by atoms with van der Waals surface area (Å²) in [6.45, 7) is 9.74. The van der Waals surface area contributed by atoms with E-state index < -0.39 is 0 Å². The predicted octanol–water partition coefficient (Wildman–Crippen LogP) is 2.40. The molecule has 1 saturated heterocycles. The molecular formula is C16H29ClN4O. The number of carbonyl (C=O) groups is 1. The fourth-order valence-corrected chi connectivity index (χ4v) is 3.22. The minimum Gasteiger partial charge on any atom is -0.339 e. The van der Waals surface area contributed by atoms with Gasteiger partial charge in [0.25, 0.3) is 5.91 Å². The van der Waals surface area contributed by atoms with Crippen LogP contribution in [-0.2, 0) is 6.54 Å². The van der Waals surface area contributed by atoms with Crippen molar-refractivity contribution in [3.05, 3.63) is 17.0 Å². The topological polar surface area (TPSA) is 50.2 Å². The second kappa shape index (κ2) is 8.53. The molecule has 0 bridgehead atoms. The molecule has 1 N–H and O–H groups in total. The molecule has 2 heterocycles. The first-order valence-electron chi connectivity index (χ1n) is 8.06. The van der Waals surface area contributed by atoms with Gasteiger partial charge in [-0.05, 0) is 52.6 Å². The maximum Gasteiger partial charge on any atom is 0.257 e. The normalized spacial score (nSPS) is 15.7. The zero-order valence-electron chi connectivity index (χ0n) is 14.2. The van der Waals surface area contributed by atoms with Crippen LogP contribution in [-0.4, -0.2) is 47.3 Å². The molecule has 0 atom stereocenters. The molecule has 6 heteroatoms. The summed E-state index contributed by atoms with van der Waals surface area (Å²) in [7, 11) is 1.99. The quantitative estimate of drug-likeness (QED) is 0.903. The van der Waals surface area contributed by atoms with Crippen LogP contribution in [0.1, 0.15) is 47.9 Å². The van der Waals surface area contributed by atoms with Crippen LogP contribution >= 0.6 is 12.4 Å². The molecule has 1 amide bonds. The average molecular weight is 329 g/mol. The number of rotatable bonds is 5. The second-order valence-electron chi connectivity index (χ2n) is 6.06. The van der Waals surface area contributed by atoms with Gasteiger partial charge in [-0.15, -0.1) is 12.4 Å². The molecule has 5 nitrogen and oxygen atoms in total. The van der Waals surface area contributed by atoms with Crippen molar-refractivity contribution in [2.45, 2.75) is 46.6 Å². The summed E-state index contributed by atoms with van der Waals surface area (Å²) >= 11 is 0. The summed E-state index contributed by atoms with van der Waals surface area (Å²) in [6, 6.07) is 0. The fraction of sp³-hybridized carbons (Fsp3) is 0.750. The van der Waals surface area contributed by atoms with Crippen molar-refractivity contribution < 1.29 is 4.79 Å². The maximum absolute atomic E-state index is 12.8. The van der Waals surface area contributed by atoms with E-state index in [-0.39, 0.29) is 18.3 Å². The number of halogens is 1. The number of nitrogens with one attached hydrogen (secondary N) is 1. The zero-order valence-corrected chi connectivity index (χ0v) is 15.0. The van der Waals surface area contributed by atoms with Crippen molar-refractivity contribution in [2.24, 2.45) is 5.92 Å². The Morgan fingerprint density at radius 2 is 1.95 bits per heavy atom. The summed E-state index contributed by atoms with van der Waals surface area (Å²) in [5.41, 5.74) is 2.69. The number of aromatic nitrogens is 2. The largest absolute Gasteiger partial charge is 0.339 e. The number of likely N-dealkylation sites (tertiary alicyclic amines) is 1. The van der Waals surface area contributed by atoms with Gasteiger partial charge in [0.05, 0.1) is 11.3 Å². The first-order chi connectivity index (χ1) is 10.1. The molecule has 1 aliphatic rings. The van der Waals surface area contributed by atoms with E-state index >= 15 is 0 Å². The van der Waals surface area contributed by atoms with E-state index in [0.717, 1.165) is 62.4 Å². The van der Waals surface area contributed by atoms with Crippen LogP contribution in [0.15, 0.2) is 0 Å². The Kier molecular flexibility index (Phi) is 7.36. The Balaban J connectivity index is 0.00000242. The van der Waals surface area contributed by atoms with Gasteiger partial charge < -0.3 is 10.2 Å². The Hall–Kier alpha value is -1.07. The highest BCUT2D eigenvalue weighted by Crippen LogP contribution is 2.21. The van der Waals surface area contributed by atoms with E-state index in [0.29, 0.717) is 5.92 Å². The number of nitrogens with zero attached hydrogens (tertiary/aromatic N) is 3. The Bertz CT molecular complexity index is 493. The van der Waals surface area contributed by atoms with Gasteiger partial charge in [0, 0.05) is 25.3 Å². The fourth-order valence-electron chi connectivity index (χ4n) is 3.22. The molecule has 1 aromatic heterocycles. The van der Waals surface area contributed by atoms with Gasteiger partial charge in [-0.2, -0.15) is 5.10 Å². The summed E-state index contributed by atoms with van der Waals surface area (Å²) in [6.07, 6.45) is 3.21. The van der Waals surface area contributed by atoms with Crippen molar-refractivity contribution in [1.29, 1.82) is 0 Å². The van der Waals surface area contributed by atoms with Crippen LogP contribution in [0.2, 0.25) is 0 Å². The SMILES string of the molecule is CCCn1nc(C)c(C(=O)N2CCC(CNC)CC2)c1C.Cl. The Labute approximate surface area is 139 Å². The summed E-state index contributed by atoms with van der Waals surface area (Å²) in [5, 5.41) is 7.75. The molecule has 0 saturated carbocycles. The van der Waals surface area contributed by atoms with E-state index in [9.17, 15) is 4.79 Å². The molecule has 126 valence electrons. The molecule has 0 spiro atoms. The highest BCUT2D eigenvalue weighted by molar-refractivity contribution is 5.96. The van der Waals surface area contributed by atoms with Crippen LogP contribution in [0.4, 0.5) is 0 Å². The first kappa shape index (κ1) is 19.0. The van der Waals surface area contributed by atoms with Crippen molar-refractivity contribution in [2.75, 3.05) is 26.7 Å². The lowest BCUT2D eigenvalue weighted by Gasteiger charge is -2.32. The van der Waals surface area contributed by atoms with Crippen molar-refractivity contribution in [1.82, 2.24) is 20.0 Å². The zero-order chi connectivity index (χ0) is 15.4. The van der Waals surface area contributed by atoms with Crippen molar-refractivity contribution in [3.8, 4) is 0 Å². The minimum atomic E-state index is 0. The van der Waals surface area contributed by atoms with Gasteiger partial charge in [0.15, 0.2) is 0 Å². The minimum absolute atomic E-state index is 0. The third-order valence-electron chi connectivity index (χ3n) is 4.43. The molecule has 2 rings (SSSR count). The van der Waals surface area contributed by atoms with Crippen LogP contribution < -0.4 is 5.32 Å². The molecule has 1 aromatic rings. The Morgan fingerprint density at radius 3 is 2.50 bits per heavy atom. The predicted molar refractivity (Wildman–Crippen MR) is 91.8 cm³/mol. The molecule has 1 aliphatic heterocycles. The van der Waals surface area contributed by atoms with Gasteiger partial charge >= 0.3 is 0 Å². The third kappa shape index (κ3) is 4.02. The number of hydrogen-bond donors (Lipinski definition) is 1. The smallest absolute Gasteiger partial charge is 0.257 e. The monoisotopic (exact) mass is 328 g/mol. The van der Waals surface area contributed by atoms with Crippen LogP contribution in [0.3, 0.4) is 0 Å². The van der Waals surface area contributed by atoms with Crippen LogP contribution in [0.25, 0.3) is 0 Å². The summed E-state index contributed by atoms with van der Waals surface area (Å²) in [5.74, 6) is 0.860. The first-order valence-corrected chi connectivity index (χ1v) is 8.06. The van der Waals surface area contributed by atoms with Gasteiger partial charge in [0.1, 0.15) is 0 Å². The summed E-state index contributed by atoms with van der Waals surface area (Å²) in [4.78, 5) is 14.8. The van der Waals surface area contributed by atoms with Crippen LogP contribution in [0.5, 0.6) is 0 Å². The summed E-state index contributed by atoms with van der Waals surface area (Å²) < 4.78 is 1.97. The van der Waals surface area contributed by atoms with Gasteiger partial charge in [-0.25, -0.2) is 0 Å². The van der Waals surface area contributed by atoms with Gasteiger partial charge in [-0.1, -0.05) is 6.92 Å². The van der Waals surface area contributed by atoms with Gasteiger partial charge in [0.2, 0.25) is 0 Å². The lowest BCUT2D eigenvalue weighted by Crippen LogP contribution is -2.40. The van der Waals surface area contributed by atoms with E-state index in [2.05, 4.69) is 17.3 Å². The van der Waals surface area contributed by atoms with E-state index in [1.807, 2.05) is 30.5 Å². The maximum atomic E-state index is 12.8. The van der Waals surface area contributed by atoms with Gasteiger partial charge in [-0.3, -0.25) is 9.48 Å². The number of hydrogen-bond acceptors (Lipinski definition) is 3. The molecular weight excluding hydrogens is 300 g/mol. The molecule has 0 aromatic carbocycles. The highest BCUT2D eigenvalue weighted by atomic mass is 35.5. The molecule has 22 heavy (non-hydrogen) atoms. The van der Waals surface area contributed by atoms with E-state index in [1.165, 1.54) is 0 Å². The lowest BCUT2D eigenvalue weighted by molar-refractivity contribution is 0.0689. The molecule has 0 aliphatic carbocycles. The van der Waals surface area contributed by atoms with E-state index in [1.54, 1.807) is 0 Å². The average Bonchev–Trinajstić information content (AvgIpc) is 2.74. The molecule has 0 unspecified atom stereocenters. The van der Waals surface area contributed by atoms with E-state index in [4.69, 9.17) is 0 Å².